The highest BCUT2D eigenvalue weighted by atomic mass is 16.5. The molecule has 0 radical (unpaired) electrons. The van der Waals surface area contributed by atoms with Crippen LogP contribution >= 0.6 is 0 Å². The molecule has 0 heterocycles. The molecule has 0 saturated heterocycles. The Hall–Kier alpha value is -0.160. The molecule has 0 amide bonds. The fourth-order valence-electron chi connectivity index (χ4n) is 1.49. The van der Waals surface area contributed by atoms with Crippen LogP contribution < -0.4 is 5.73 Å². The fraction of sp³-hybridized carbons (Fsp3) is 1.00. The molecule has 4 heteroatoms. The Kier molecular flexibility index (Phi) is 11.2. The van der Waals surface area contributed by atoms with Crippen LogP contribution in [0.2, 0.25) is 0 Å². The van der Waals surface area contributed by atoms with E-state index in [0.29, 0.717) is 5.92 Å². The molecule has 0 fully saturated rings. The second-order valence-electron chi connectivity index (χ2n) is 4.04. The molecule has 1 unspecified atom stereocenters. The molecule has 16 heavy (non-hydrogen) atoms. The summed E-state index contributed by atoms with van der Waals surface area (Å²) in [7, 11) is 0. The smallest absolute Gasteiger partial charge is 0.0593 e. The first-order valence-corrected chi connectivity index (χ1v) is 6.32. The third kappa shape index (κ3) is 9.09. The molecule has 0 aromatic rings. The zero-order valence-corrected chi connectivity index (χ0v) is 11.1. The van der Waals surface area contributed by atoms with Gasteiger partial charge in [-0.3, -0.25) is 4.90 Å². The quantitative estimate of drug-likeness (QED) is 0.539. The van der Waals surface area contributed by atoms with Gasteiger partial charge in [0.05, 0.1) is 13.2 Å². The van der Waals surface area contributed by atoms with Gasteiger partial charge in [-0.25, -0.2) is 0 Å². The SMILES string of the molecule is CCOCCN(CCOCC)CC(C)CN. The van der Waals surface area contributed by atoms with E-state index >= 15 is 0 Å². The van der Waals surface area contributed by atoms with E-state index in [1.807, 2.05) is 13.8 Å². The van der Waals surface area contributed by atoms with Crippen LogP contribution in [0, 0.1) is 5.92 Å². The largest absolute Gasteiger partial charge is 0.380 e. The van der Waals surface area contributed by atoms with Crippen LogP contribution in [0.4, 0.5) is 0 Å². The van der Waals surface area contributed by atoms with Gasteiger partial charge in [0, 0.05) is 32.8 Å². The number of nitrogens with two attached hydrogens (primary N) is 1. The maximum atomic E-state index is 5.64. The van der Waals surface area contributed by atoms with Gasteiger partial charge in [0.25, 0.3) is 0 Å². The van der Waals surface area contributed by atoms with Gasteiger partial charge >= 0.3 is 0 Å². The number of ether oxygens (including phenoxy) is 2. The first-order valence-electron chi connectivity index (χ1n) is 6.32. The Labute approximate surface area is 100 Å². The lowest BCUT2D eigenvalue weighted by Crippen LogP contribution is -2.36. The van der Waals surface area contributed by atoms with Crippen molar-refractivity contribution in [1.29, 1.82) is 0 Å². The summed E-state index contributed by atoms with van der Waals surface area (Å²) in [6, 6.07) is 0. The van der Waals surface area contributed by atoms with Crippen LogP contribution in [0.15, 0.2) is 0 Å². The van der Waals surface area contributed by atoms with Crippen LogP contribution in [0.25, 0.3) is 0 Å². The summed E-state index contributed by atoms with van der Waals surface area (Å²) in [5.41, 5.74) is 5.64. The van der Waals surface area contributed by atoms with Crippen molar-refractivity contribution in [1.82, 2.24) is 4.90 Å². The van der Waals surface area contributed by atoms with Crippen LogP contribution in [-0.2, 0) is 9.47 Å². The van der Waals surface area contributed by atoms with Gasteiger partial charge in [-0.2, -0.15) is 0 Å². The van der Waals surface area contributed by atoms with Gasteiger partial charge < -0.3 is 15.2 Å². The maximum Gasteiger partial charge on any atom is 0.0593 e. The lowest BCUT2D eigenvalue weighted by Gasteiger charge is -2.24. The molecule has 98 valence electrons. The molecule has 0 aliphatic heterocycles. The predicted molar refractivity (Wildman–Crippen MR) is 67.6 cm³/mol. The van der Waals surface area contributed by atoms with Crippen LogP contribution in [-0.4, -0.2) is 57.5 Å². The number of nitrogens with zero attached hydrogens (tertiary/aromatic N) is 1. The molecule has 0 bridgehead atoms. The molecule has 1 atom stereocenters. The van der Waals surface area contributed by atoms with Crippen molar-refractivity contribution >= 4 is 0 Å². The normalized spacial score (nSPS) is 13.3. The van der Waals surface area contributed by atoms with Gasteiger partial charge in [0.1, 0.15) is 0 Å². The average molecular weight is 232 g/mol. The summed E-state index contributed by atoms with van der Waals surface area (Å²) >= 11 is 0. The molecule has 0 aromatic carbocycles. The van der Waals surface area contributed by atoms with E-state index < -0.39 is 0 Å². The van der Waals surface area contributed by atoms with Crippen LogP contribution in [0.5, 0.6) is 0 Å². The van der Waals surface area contributed by atoms with E-state index in [4.69, 9.17) is 15.2 Å². The number of rotatable bonds is 11. The minimum atomic E-state index is 0.531. The van der Waals surface area contributed by atoms with Gasteiger partial charge in [-0.15, -0.1) is 0 Å². The summed E-state index contributed by atoms with van der Waals surface area (Å²) in [5, 5.41) is 0. The van der Waals surface area contributed by atoms with E-state index in [9.17, 15) is 0 Å². The van der Waals surface area contributed by atoms with Crippen molar-refractivity contribution in [3.8, 4) is 0 Å². The van der Waals surface area contributed by atoms with Crippen molar-refractivity contribution in [3.05, 3.63) is 0 Å². The molecule has 4 nitrogen and oxygen atoms in total. The zero-order chi connectivity index (χ0) is 12.2. The highest BCUT2D eigenvalue weighted by Gasteiger charge is 2.08. The topological polar surface area (TPSA) is 47.7 Å². The van der Waals surface area contributed by atoms with Crippen LogP contribution in [0.1, 0.15) is 20.8 Å². The molecule has 0 rings (SSSR count). The van der Waals surface area contributed by atoms with Crippen LogP contribution in [0.3, 0.4) is 0 Å². The molecule has 0 spiro atoms. The average Bonchev–Trinajstić information content (AvgIpc) is 2.29. The first kappa shape index (κ1) is 15.8. The summed E-state index contributed by atoms with van der Waals surface area (Å²) in [4.78, 5) is 2.36. The number of hydrogen-bond donors (Lipinski definition) is 1. The monoisotopic (exact) mass is 232 g/mol. The van der Waals surface area contributed by atoms with Crippen molar-refractivity contribution < 1.29 is 9.47 Å². The second-order valence-corrected chi connectivity index (χ2v) is 4.04. The van der Waals surface area contributed by atoms with E-state index in [2.05, 4.69) is 11.8 Å². The zero-order valence-electron chi connectivity index (χ0n) is 11.1. The lowest BCUT2D eigenvalue weighted by molar-refractivity contribution is 0.0773. The summed E-state index contributed by atoms with van der Waals surface area (Å²) in [6.45, 7) is 13.1. The van der Waals surface area contributed by atoms with Gasteiger partial charge in [0.15, 0.2) is 0 Å². The summed E-state index contributed by atoms with van der Waals surface area (Å²) < 4.78 is 10.7. The van der Waals surface area contributed by atoms with Crippen molar-refractivity contribution in [2.45, 2.75) is 20.8 Å². The van der Waals surface area contributed by atoms with E-state index in [1.54, 1.807) is 0 Å². The Morgan fingerprint density at radius 2 is 1.56 bits per heavy atom. The van der Waals surface area contributed by atoms with Gasteiger partial charge in [-0.05, 0) is 26.3 Å². The molecular weight excluding hydrogens is 204 g/mol. The van der Waals surface area contributed by atoms with Crippen molar-refractivity contribution in [2.24, 2.45) is 11.7 Å². The minimum Gasteiger partial charge on any atom is -0.380 e. The lowest BCUT2D eigenvalue weighted by atomic mass is 10.1. The Balaban J connectivity index is 3.75. The molecule has 0 aromatic heterocycles. The van der Waals surface area contributed by atoms with E-state index in [1.165, 1.54) is 0 Å². The third-order valence-corrected chi connectivity index (χ3v) is 2.48. The van der Waals surface area contributed by atoms with Crippen molar-refractivity contribution in [2.75, 3.05) is 52.6 Å². The minimum absolute atomic E-state index is 0.531. The molecule has 2 N–H and O–H groups in total. The number of hydrogen-bond acceptors (Lipinski definition) is 4. The Morgan fingerprint density at radius 3 is 1.94 bits per heavy atom. The Morgan fingerprint density at radius 1 is 1.06 bits per heavy atom. The van der Waals surface area contributed by atoms with Gasteiger partial charge in [-0.1, -0.05) is 6.92 Å². The van der Waals surface area contributed by atoms with E-state index in [0.717, 1.165) is 52.6 Å². The summed E-state index contributed by atoms with van der Waals surface area (Å²) in [6.07, 6.45) is 0. The first-order chi connectivity index (χ1) is 7.74. The molecular formula is C12H28N2O2. The second kappa shape index (κ2) is 11.3. The van der Waals surface area contributed by atoms with E-state index in [-0.39, 0.29) is 0 Å². The van der Waals surface area contributed by atoms with Gasteiger partial charge in [0.2, 0.25) is 0 Å². The Bertz CT molecular complexity index is 135. The predicted octanol–water partition coefficient (Wildman–Crippen LogP) is 0.956. The fourth-order valence-corrected chi connectivity index (χ4v) is 1.49. The third-order valence-electron chi connectivity index (χ3n) is 2.48. The highest BCUT2D eigenvalue weighted by molar-refractivity contribution is 4.63. The van der Waals surface area contributed by atoms with Crippen molar-refractivity contribution in [3.63, 3.8) is 0 Å². The molecule has 0 saturated carbocycles. The maximum absolute atomic E-state index is 5.64. The molecule has 0 aliphatic rings. The standard InChI is InChI=1S/C12H28N2O2/c1-4-15-8-6-14(7-9-16-5-2)11-12(3)10-13/h12H,4-11,13H2,1-3H3. The summed E-state index contributed by atoms with van der Waals surface area (Å²) in [5.74, 6) is 0.531. The highest BCUT2D eigenvalue weighted by Crippen LogP contribution is 1.98. The molecule has 0 aliphatic carbocycles.